The van der Waals surface area contributed by atoms with Gasteiger partial charge in [0.2, 0.25) is 5.43 Å². The van der Waals surface area contributed by atoms with Crippen molar-refractivity contribution in [1.29, 1.82) is 0 Å². The molecule has 6 nitrogen and oxygen atoms in total. The van der Waals surface area contributed by atoms with Crippen molar-refractivity contribution < 1.29 is 14.4 Å². The molecule has 2 aromatic carbocycles. The average Bonchev–Trinajstić information content (AvgIpc) is 3.21. The quantitative estimate of drug-likeness (QED) is 0.473. The van der Waals surface area contributed by atoms with Gasteiger partial charge in [0.25, 0.3) is 0 Å². The second kappa shape index (κ2) is 7.85. The Hall–Kier alpha value is -3.12. The van der Waals surface area contributed by atoms with E-state index in [4.69, 9.17) is 4.42 Å². The van der Waals surface area contributed by atoms with E-state index in [1.165, 1.54) is 30.4 Å². The first kappa shape index (κ1) is 19.8. The van der Waals surface area contributed by atoms with E-state index in [0.717, 1.165) is 28.7 Å². The standard InChI is InChI=1S/C25H27N3O3/c1-3-16-12-17-23(30)19(25-26-20-9-4-5-10-21(20)27-25)14-31-24(17)18(22(16)29)13-28-11-7-6-8-15(28)2/h4-5,9-10,12,14-15,29H,3,6-8,11,13H2,1-2H3,(H,26,27)/p+1/t15-/m0/s1. The smallest absolute Gasteiger partial charge is 0.203 e. The van der Waals surface area contributed by atoms with Crippen LogP contribution in [0.4, 0.5) is 0 Å². The zero-order valence-electron chi connectivity index (χ0n) is 18.0. The predicted octanol–water partition coefficient (Wildman–Crippen LogP) is 3.56. The lowest BCUT2D eigenvalue weighted by molar-refractivity contribution is -0.941. The number of aryl methyl sites for hydroxylation is 1. The summed E-state index contributed by atoms with van der Waals surface area (Å²) in [5.41, 5.74) is 3.97. The molecule has 1 unspecified atom stereocenters. The number of nitrogens with one attached hydrogen (secondary N) is 2. The number of likely N-dealkylation sites (tertiary alicyclic amines) is 1. The summed E-state index contributed by atoms with van der Waals surface area (Å²) in [6.45, 7) is 5.98. The Morgan fingerprint density at radius 2 is 2.13 bits per heavy atom. The molecule has 2 atom stereocenters. The molecule has 0 aliphatic carbocycles. The molecule has 3 N–H and O–H groups in total. The number of phenols is 1. The van der Waals surface area contributed by atoms with E-state index < -0.39 is 0 Å². The van der Waals surface area contributed by atoms with Gasteiger partial charge >= 0.3 is 0 Å². The summed E-state index contributed by atoms with van der Waals surface area (Å²) >= 11 is 0. The number of hydrogen-bond acceptors (Lipinski definition) is 4. The number of benzene rings is 2. The van der Waals surface area contributed by atoms with Gasteiger partial charge in [-0.15, -0.1) is 0 Å². The van der Waals surface area contributed by atoms with Crippen LogP contribution in [0.15, 0.2) is 45.8 Å². The van der Waals surface area contributed by atoms with Crippen molar-refractivity contribution >= 4 is 22.0 Å². The number of aromatic amines is 1. The molecule has 0 amide bonds. The zero-order valence-corrected chi connectivity index (χ0v) is 18.0. The van der Waals surface area contributed by atoms with Crippen molar-refractivity contribution in [3.05, 3.63) is 57.9 Å². The van der Waals surface area contributed by atoms with Gasteiger partial charge in [-0.05, 0) is 56.4 Å². The maximum atomic E-state index is 13.5. The van der Waals surface area contributed by atoms with Gasteiger partial charge < -0.3 is 19.4 Å². The summed E-state index contributed by atoms with van der Waals surface area (Å²) < 4.78 is 6.03. The van der Waals surface area contributed by atoms with E-state index in [2.05, 4.69) is 16.9 Å². The van der Waals surface area contributed by atoms with Gasteiger partial charge in [-0.1, -0.05) is 19.1 Å². The molecule has 31 heavy (non-hydrogen) atoms. The van der Waals surface area contributed by atoms with Gasteiger partial charge in [0.05, 0.1) is 34.6 Å². The molecule has 0 spiro atoms. The molecule has 3 heterocycles. The van der Waals surface area contributed by atoms with Crippen LogP contribution in [0.1, 0.15) is 44.2 Å². The molecule has 0 radical (unpaired) electrons. The lowest BCUT2D eigenvalue weighted by Gasteiger charge is -2.30. The zero-order chi connectivity index (χ0) is 21.5. The number of aromatic hydroxyl groups is 1. The number of fused-ring (bicyclic) bond motifs is 2. The number of hydrogen-bond donors (Lipinski definition) is 3. The number of phenolic OH excluding ortho intramolecular Hbond substituents is 1. The lowest BCUT2D eigenvalue weighted by Crippen LogP contribution is -3.14. The monoisotopic (exact) mass is 418 g/mol. The Kier molecular flexibility index (Phi) is 5.02. The van der Waals surface area contributed by atoms with Crippen molar-refractivity contribution in [2.45, 2.75) is 52.1 Å². The number of para-hydroxylation sites is 2. The van der Waals surface area contributed by atoms with E-state index in [9.17, 15) is 9.90 Å². The SMILES string of the molecule is CCc1cc2c(=O)c(-c3nc4ccccc4[nH]3)coc2c(C[NH+]2CCCC[C@@H]2C)c1O. The first-order valence-electron chi connectivity index (χ1n) is 11.2. The van der Waals surface area contributed by atoms with Crippen molar-refractivity contribution in [1.82, 2.24) is 9.97 Å². The fourth-order valence-corrected chi connectivity index (χ4v) is 4.81. The van der Waals surface area contributed by atoms with E-state index >= 15 is 0 Å². The van der Waals surface area contributed by atoms with Gasteiger partial charge in [0.1, 0.15) is 35.5 Å². The molecule has 1 aliphatic rings. The maximum Gasteiger partial charge on any atom is 0.203 e. The number of rotatable bonds is 4. The van der Waals surface area contributed by atoms with E-state index in [-0.39, 0.29) is 11.2 Å². The number of quaternary nitrogens is 1. The van der Waals surface area contributed by atoms with Crippen LogP contribution in [0.5, 0.6) is 5.75 Å². The van der Waals surface area contributed by atoms with Crippen LogP contribution in [0.25, 0.3) is 33.4 Å². The van der Waals surface area contributed by atoms with Crippen LogP contribution in [0.2, 0.25) is 0 Å². The molecule has 0 bridgehead atoms. The van der Waals surface area contributed by atoms with Crippen molar-refractivity contribution in [2.75, 3.05) is 6.54 Å². The molecular weight excluding hydrogens is 390 g/mol. The predicted molar refractivity (Wildman–Crippen MR) is 121 cm³/mol. The first-order valence-corrected chi connectivity index (χ1v) is 11.2. The molecule has 5 rings (SSSR count). The van der Waals surface area contributed by atoms with Crippen LogP contribution >= 0.6 is 0 Å². The maximum absolute atomic E-state index is 13.5. The first-order chi connectivity index (χ1) is 15.1. The molecular formula is C25H28N3O3+. The number of imidazole rings is 1. The molecule has 160 valence electrons. The van der Waals surface area contributed by atoms with Crippen LogP contribution in [0.3, 0.4) is 0 Å². The fourth-order valence-electron chi connectivity index (χ4n) is 4.81. The average molecular weight is 419 g/mol. The van der Waals surface area contributed by atoms with Crippen LogP contribution in [-0.4, -0.2) is 27.7 Å². The van der Waals surface area contributed by atoms with Gasteiger partial charge in [-0.3, -0.25) is 4.79 Å². The highest BCUT2D eigenvalue weighted by atomic mass is 16.3. The van der Waals surface area contributed by atoms with Gasteiger partial charge in [-0.25, -0.2) is 4.98 Å². The largest absolute Gasteiger partial charge is 0.507 e. The summed E-state index contributed by atoms with van der Waals surface area (Å²) in [5, 5.41) is 11.5. The Morgan fingerprint density at radius 1 is 1.29 bits per heavy atom. The highest BCUT2D eigenvalue weighted by molar-refractivity contribution is 5.87. The summed E-state index contributed by atoms with van der Waals surface area (Å²) in [6, 6.07) is 9.99. The van der Waals surface area contributed by atoms with Gasteiger partial charge in [0, 0.05) is 0 Å². The molecule has 6 heteroatoms. The topological polar surface area (TPSA) is 83.6 Å². The minimum Gasteiger partial charge on any atom is -0.507 e. The third-order valence-corrected chi connectivity index (χ3v) is 6.72. The third-order valence-electron chi connectivity index (χ3n) is 6.72. The summed E-state index contributed by atoms with van der Waals surface area (Å²) in [7, 11) is 0. The van der Waals surface area contributed by atoms with Crippen LogP contribution in [0, 0.1) is 0 Å². The highest BCUT2D eigenvalue weighted by Gasteiger charge is 2.27. The van der Waals surface area contributed by atoms with E-state index in [1.54, 1.807) is 6.07 Å². The Bertz CT molecular complexity index is 1290. The number of H-pyrrole nitrogens is 1. The molecule has 1 fully saturated rings. The Morgan fingerprint density at radius 3 is 2.90 bits per heavy atom. The lowest BCUT2D eigenvalue weighted by atomic mass is 9.98. The minimum absolute atomic E-state index is 0.127. The summed E-state index contributed by atoms with van der Waals surface area (Å²) in [4.78, 5) is 22.7. The number of aromatic nitrogens is 2. The number of piperidine rings is 1. The second-order valence-corrected chi connectivity index (χ2v) is 8.66. The summed E-state index contributed by atoms with van der Waals surface area (Å²) in [6.07, 6.45) is 5.75. The van der Waals surface area contributed by atoms with E-state index in [1.807, 2.05) is 31.2 Å². The normalized spacial score (nSPS) is 19.3. The van der Waals surface area contributed by atoms with Crippen LogP contribution < -0.4 is 10.3 Å². The molecule has 0 saturated carbocycles. The van der Waals surface area contributed by atoms with E-state index in [0.29, 0.717) is 41.4 Å². The summed E-state index contributed by atoms with van der Waals surface area (Å²) in [5.74, 6) is 0.764. The van der Waals surface area contributed by atoms with Crippen molar-refractivity contribution in [2.24, 2.45) is 0 Å². The molecule has 2 aromatic heterocycles. The molecule has 4 aromatic rings. The minimum atomic E-state index is -0.127. The molecule has 1 aliphatic heterocycles. The third kappa shape index (κ3) is 3.41. The van der Waals surface area contributed by atoms with Crippen molar-refractivity contribution in [3.8, 4) is 17.1 Å². The van der Waals surface area contributed by atoms with Crippen molar-refractivity contribution in [3.63, 3.8) is 0 Å². The second-order valence-electron chi connectivity index (χ2n) is 8.66. The fraction of sp³-hybridized carbons (Fsp3) is 0.360. The van der Waals surface area contributed by atoms with Gasteiger partial charge in [0.15, 0.2) is 0 Å². The van der Waals surface area contributed by atoms with Gasteiger partial charge in [-0.2, -0.15) is 0 Å². The number of nitrogens with zero attached hydrogens (tertiary/aromatic N) is 1. The highest BCUT2D eigenvalue weighted by Crippen LogP contribution is 2.32. The Balaban J connectivity index is 1.66. The Labute approximate surface area is 180 Å². The van der Waals surface area contributed by atoms with Crippen LogP contribution in [-0.2, 0) is 13.0 Å². The molecule has 1 saturated heterocycles.